The van der Waals surface area contributed by atoms with Crippen molar-refractivity contribution in [2.45, 2.75) is 12.8 Å². The summed E-state index contributed by atoms with van der Waals surface area (Å²) in [4.78, 5) is 0. The van der Waals surface area contributed by atoms with Gasteiger partial charge in [0.1, 0.15) is 17.2 Å². The van der Waals surface area contributed by atoms with Crippen LogP contribution in [-0.4, -0.2) is 34.1 Å². The molecule has 2 aromatic rings. The second-order valence-electron chi connectivity index (χ2n) is 4.84. The Kier molecular flexibility index (Phi) is 5.90. The highest BCUT2D eigenvalue weighted by Gasteiger charge is 2.27. The molecule has 0 radical (unpaired) electrons. The largest absolute Gasteiger partial charge is 0.508 e. The third-order valence-corrected chi connectivity index (χ3v) is 6.01. The molecule has 2 N–H and O–H groups in total. The van der Waals surface area contributed by atoms with E-state index in [9.17, 15) is 10.2 Å². The number of rotatable bonds is 6. The highest BCUT2D eigenvalue weighted by atomic mass is 32.4. The summed E-state index contributed by atoms with van der Waals surface area (Å²) in [6, 6.07) is 13.3. The minimum absolute atomic E-state index is 0.196. The molecule has 0 saturated heterocycles. The van der Waals surface area contributed by atoms with Crippen LogP contribution in [0.3, 0.4) is 0 Å². The molecule has 0 bridgehead atoms. The molecule has 0 spiro atoms. The van der Waals surface area contributed by atoms with E-state index in [0.717, 1.165) is 5.56 Å². The molecule has 120 valence electrons. The molecule has 0 aliphatic carbocycles. The first-order valence-corrected chi connectivity index (χ1v) is 9.32. The molecule has 2 aromatic carbocycles. The van der Waals surface area contributed by atoms with Gasteiger partial charge in [-0.25, -0.2) is 0 Å². The zero-order valence-corrected chi connectivity index (χ0v) is 14.5. The summed E-state index contributed by atoms with van der Waals surface area (Å²) >= 11 is 5.51. The second-order valence-corrected chi connectivity index (χ2v) is 7.87. The van der Waals surface area contributed by atoms with Gasteiger partial charge in [0.15, 0.2) is 11.8 Å². The number of benzene rings is 2. The summed E-state index contributed by atoms with van der Waals surface area (Å²) in [5.74, 6) is 0.869. The van der Waals surface area contributed by atoms with Gasteiger partial charge in [-0.05, 0) is 54.1 Å². The van der Waals surface area contributed by atoms with Gasteiger partial charge in [0.25, 0.3) is 5.85 Å². The lowest BCUT2D eigenvalue weighted by atomic mass is 10.2. The third-order valence-electron chi connectivity index (χ3n) is 3.01. The lowest BCUT2D eigenvalue weighted by molar-refractivity contribution is 0.296. The quantitative estimate of drug-likeness (QED) is 0.473. The van der Waals surface area contributed by atoms with E-state index in [1.54, 1.807) is 59.5 Å². The lowest BCUT2D eigenvalue weighted by Crippen LogP contribution is -2.14. The minimum Gasteiger partial charge on any atom is -0.508 e. The Hall–Kier alpha value is -2.17. The minimum atomic E-state index is -1.05. The zero-order chi connectivity index (χ0) is 16.8. The monoisotopic (exact) mass is 349 g/mol. The molecule has 23 heavy (non-hydrogen) atoms. The normalized spacial score (nSPS) is 12.9. The molecular formula is C16H18N2O3PS+. The highest BCUT2D eigenvalue weighted by Crippen LogP contribution is 2.34. The van der Waals surface area contributed by atoms with Gasteiger partial charge in [0, 0.05) is 6.92 Å². The van der Waals surface area contributed by atoms with E-state index in [0.29, 0.717) is 5.75 Å². The molecule has 5 nitrogen and oxygen atoms in total. The van der Waals surface area contributed by atoms with E-state index in [2.05, 4.69) is 5.10 Å². The molecule has 2 unspecified atom stereocenters. The Morgan fingerprint density at radius 3 is 2.17 bits per heavy atom. The Balaban J connectivity index is 1.95. The van der Waals surface area contributed by atoms with Crippen LogP contribution in [0.2, 0.25) is 0 Å². The van der Waals surface area contributed by atoms with E-state index in [1.807, 2.05) is 14.0 Å². The van der Waals surface area contributed by atoms with Crippen molar-refractivity contribution in [3.05, 3.63) is 54.1 Å². The lowest BCUT2D eigenvalue weighted by Gasteiger charge is -2.11. The first-order valence-electron chi connectivity index (χ1n) is 6.94. The number of nitrogens with zero attached hydrogens (tertiary/aromatic N) is 2. The Labute approximate surface area is 141 Å². The fourth-order valence-corrected chi connectivity index (χ4v) is 2.86. The summed E-state index contributed by atoms with van der Waals surface area (Å²) in [5.41, 5.74) is 0.875. The van der Waals surface area contributed by atoms with Crippen LogP contribution in [0, 0.1) is 0 Å². The first-order chi connectivity index (χ1) is 11.0. The number of hydrogen-bond donors (Lipinski definition) is 2. The van der Waals surface area contributed by atoms with Crippen LogP contribution in [-0.2, 0) is 11.8 Å². The van der Waals surface area contributed by atoms with Crippen molar-refractivity contribution < 1.29 is 14.9 Å². The number of hydrazone groups is 1. The van der Waals surface area contributed by atoms with Crippen LogP contribution < -0.4 is 4.74 Å². The van der Waals surface area contributed by atoms with Crippen LogP contribution >= 0.6 is 6.85 Å². The maximum absolute atomic E-state index is 9.27. The average Bonchev–Trinajstić information content (AvgIpc) is 2.55. The Bertz CT molecular complexity index is 689. The van der Waals surface area contributed by atoms with Crippen molar-refractivity contribution in [2.24, 2.45) is 5.10 Å². The summed E-state index contributed by atoms with van der Waals surface area (Å²) in [7, 11) is 1.81. The molecule has 0 heterocycles. The molecule has 2 atom stereocenters. The van der Waals surface area contributed by atoms with E-state index in [-0.39, 0.29) is 17.3 Å². The molecule has 2 rings (SSSR count). The molecule has 0 saturated carbocycles. The fraction of sp³-hybridized carbons (Fsp3) is 0.188. The maximum atomic E-state index is 9.27. The van der Waals surface area contributed by atoms with Crippen molar-refractivity contribution in [3.63, 3.8) is 0 Å². The van der Waals surface area contributed by atoms with Gasteiger partial charge in [-0.3, -0.25) is 0 Å². The maximum Gasteiger partial charge on any atom is 0.355 e. The Morgan fingerprint density at radius 1 is 1.09 bits per heavy atom. The van der Waals surface area contributed by atoms with Crippen LogP contribution in [0.5, 0.6) is 17.2 Å². The number of phenolic OH excluding ortho intramolecular Hbond substituents is 2. The number of ether oxygens (including phenoxy) is 1. The molecule has 0 aromatic heterocycles. The van der Waals surface area contributed by atoms with Gasteiger partial charge in [-0.2, -0.15) is 0 Å². The standard InChI is InChI=1S/C16H17N2O3PS/c1-12(21-16-9-7-15(20)8-10-16)22(23)18(2)17-11-13-3-5-14(19)6-4-13/h3-12H,1-2H3,(H-,17,19,20)/p+1. The average molecular weight is 349 g/mol. The number of aromatic hydroxyl groups is 2. The molecule has 0 amide bonds. The molecule has 0 fully saturated rings. The molecular weight excluding hydrogens is 331 g/mol. The highest BCUT2D eigenvalue weighted by molar-refractivity contribution is 8.04. The molecule has 7 heteroatoms. The summed E-state index contributed by atoms with van der Waals surface area (Å²) in [6.45, 7) is 0.849. The fourth-order valence-electron chi connectivity index (χ4n) is 1.76. The van der Waals surface area contributed by atoms with E-state index in [4.69, 9.17) is 16.5 Å². The summed E-state index contributed by atoms with van der Waals surface area (Å²) in [6.07, 6.45) is 1.69. The molecule has 0 aliphatic heterocycles. The van der Waals surface area contributed by atoms with Crippen LogP contribution in [0.15, 0.2) is 53.6 Å². The first kappa shape index (κ1) is 17.2. The van der Waals surface area contributed by atoms with Gasteiger partial charge >= 0.3 is 6.85 Å². The van der Waals surface area contributed by atoms with Gasteiger partial charge in [0.05, 0.1) is 13.3 Å². The summed E-state index contributed by atoms with van der Waals surface area (Å²) < 4.78 is 7.50. The van der Waals surface area contributed by atoms with E-state index in [1.165, 1.54) is 0 Å². The van der Waals surface area contributed by atoms with Crippen molar-refractivity contribution >= 4 is 24.9 Å². The zero-order valence-electron chi connectivity index (χ0n) is 12.8. The van der Waals surface area contributed by atoms with Crippen LogP contribution in [0.25, 0.3) is 0 Å². The second kappa shape index (κ2) is 7.90. The smallest absolute Gasteiger partial charge is 0.355 e. The van der Waals surface area contributed by atoms with Gasteiger partial charge in [0.2, 0.25) is 0 Å². The van der Waals surface area contributed by atoms with E-state index < -0.39 is 6.85 Å². The van der Waals surface area contributed by atoms with Crippen LogP contribution in [0.1, 0.15) is 12.5 Å². The van der Waals surface area contributed by atoms with Gasteiger partial charge in [-0.1, -0.05) is 0 Å². The van der Waals surface area contributed by atoms with E-state index >= 15 is 0 Å². The topological polar surface area (TPSA) is 65.3 Å². The predicted octanol–water partition coefficient (Wildman–Crippen LogP) is 3.65. The van der Waals surface area contributed by atoms with Crippen molar-refractivity contribution in [1.82, 2.24) is 4.78 Å². The van der Waals surface area contributed by atoms with Gasteiger partial charge < -0.3 is 14.9 Å². The Morgan fingerprint density at radius 2 is 1.61 bits per heavy atom. The van der Waals surface area contributed by atoms with Crippen LogP contribution in [0.4, 0.5) is 0 Å². The number of phenols is 2. The van der Waals surface area contributed by atoms with Crippen molar-refractivity contribution in [3.8, 4) is 17.2 Å². The van der Waals surface area contributed by atoms with Gasteiger partial charge in [-0.15, -0.1) is 9.88 Å². The number of hydrogen-bond acceptors (Lipinski definition) is 5. The van der Waals surface area contributed by atoms with Crippen molar-refractivity contribution in [1.29, 1.82) is 0 Å². The SMILES string of the molecule is CC(Oc1ccc(O)cc1)[P+](=S)N(C)N=Cc1ccc(O)cc1. The molecule has 0 aliphatic rings. The summed E-state index contributed by atoms with van der Waals surface area (Å²) in [5, 5.41) is 22.9. The van der Waals surface area contributed by atoms with Crippen molar-refractivity contribution in [2.75, 3.05) is 7.05 Å². The third kappa shape index (κ3) is 5.20. The predicted molar refractivity (Wildman–Crippen MR) is 95.9 cm³/mol.